The van der Waals surface area contributed by atoms with E-state index in [9.17, 15) is 4.79 Å². The maximum Gasteiger partial charge on any atom is 0.225 e. The van der Waals surface area contributed by atoms with Crippen molar-refractivity contribution in [3.63, 3.8) is 0 Å². The highest BCUT2D eigenvalue weighted by Gasteiger charge is 2.26. The molecule has 7 nitrogen and oxygen atoms in total. The normalized spacial score (nSPS) is 18.3. The summed E-state index contributed by atoms with van der Waals surface area (Å²) in [6.45, 7) is 9.18. The molecule has 2 aromatic rings. The molecule has 166 valence electrons. The average molecular weight is 443 g/mol. The van der Waals surface area contributed by atoms with Gasteiger partial charge in [0.2, 0.25) is 11.9 Å². The molecule has 3 heterocycles. The lowest BCUT2D eigenvalue weighted by Gasteiger charge is -2.36. The zero-order chi connectivity index (χ0) is 21.6. The number of aryl methyl sites for hydroxylation is 1. The highest BCUT2D eigenvalue weighted by atomic mass is 35.5. The molecule has 0 bridgehead atoms. The third-order valence-electron chi connectivity index (χ3n) is 6.20. The number of nitrogens with one attached hydrogen (secondary N) is 1. The van der Waals surface area contributed by atoms with Gasteiger partial charge in [-0.25, -0.2) is 9.97 Å². The van der Waals surface area contributed by atoms with Crippen LogP contribution in [-0.2, 0) is 4.79 Å². The number of aromatic nitrogens is 2. The van der Waals surface area contributed by atoms with Crippen molar-refractivity contribution in [2.45, 2.75) is 19.8 Å². The number of hydrogen-bond acceptors (Lipinski definition) is 6. The van der Waals surface area contributed by atoms with Crippen LogP contribution in [0.5, 0.6) is 0 Å². The van der Waals surface area contributed by atoms with Crippen LogP contribution in [-0.4, -0.2) is 73.1 Å². The molecule has 0 aliphatic carbocycles. The van der Waals surface area contributed by atoms with Crippen molar-refractivity contribution in [1.82, 2.24) is 20.2 Å². The first-order valence-corrected chi connectivity index (χ1v) is 11.5. The van der Waals surface area contributed by atoms with Crippen LogP contribution in [0.15, 0.2) is 36.5 Å². The number of nitrogens with zero attached hydrogens (tertiary/aromatic N) is 5. The number of piperazine rings is 1. The number of anilines is 2. The molecule has 8 heteroatoms. The summed E-state index contributed by atoms with van der Waals surface area (Å²) in [5, 5.41) is 3.93. The van der Waals surface area contributed by atoms with Gasteiger partial charge in [-0.3, -0.25) is 9.69 Å². The van der Waals surface area contributed by atoms with E-state index in [2.05, 4.69) is 36.1 Å². The van der Waals surface area contributed by atoms with Crippen LogP contribution < -0.4 is 15.1 Å². The minimum Gasteiger partial charge on any atom is -0.369 e. The molecule has 2 aliphatic rings. The molecular formula is C23H31ClN6O. The third-order valence-corrected chi connectivity index (χ3v) is 6.44. The molecule has 0 saturated carbocycles. The van der Waals surface area contributed by atoms with E-state index in [1.165, 1.54) is 5.69 Å². The average Bonchev–Trinajstić information content (AvgIpc) is 2.79. The van der Waals surface area contributed by atoms with Crippen LogP contribution in [0.3, 0.4) is 0 Å². The Bertz CT molecular complexity index is 878. The smallest absolute Gasteiger partial charge is 0.225 e. The van der Waals surface area contributed by atoms with E-state index < -0.39 is 0 Å². The second kappa shape index (κ2) is 10.3. The quantitative estimate of drug-likeness (QED) is 0.741. The number of carbonyl (C=O) groups excluding carboxylic acids is 1. The maximum atomic E-state index is 12.6. The van der Waals surface area contributed by atoms with Gasteiger partial charge in [-0.1, -0.05) is 17.7 Å². The zero-order valence-corrected chi connectivity index (χ0v) is 18.9. The molecule has 1 aromatic heterocycles. The number of halogens is 1. The summed E-state index contributed by atoms with van der Waals surface area (Å²) in [5.41, 5.74) is 2.15. The first kappa shape index (κ1) is 21.8. The van der Waals surface area contributed by atoms with Crippen molar-refractivity contribution in [2.24, 2.45) is 5.92 Å². The fourth-order valence-corrected chi connectivity index (χ4v) is 4.50. The molecule has 0 atom stereocenters. The molecule has 0 unspecified atom stereocenters. The van der Waals surface area contributed by atoms with Gasteiger partial charge in [-0.15, -0.1) is 0 Å². The molecule has 2 saturated heterocycles. The van der Waals surface area contributed by atoms with Gasteiger partial charge >= 0.3 is 0 Å². The molecule has 0 spiro atoms. The predicted molar refractivity (Wildman–Crippen MR) is 125 cm³/mol. The van der Waals surface area contributed by atoms with E-state index in [0.29, 0.717) is 6.54 Å². The van der Waals surface area contributed by atoms with E-state index in [-0.39, 0.29) is 11.8 Å². The van der Waals surface area contributed by atoms with Gasteiger partial charge in [-0.2, -0.15) is 0 Å². The van der Waals surface area contributed by atoms with Crippen molar-refractivity contribution in [1.29, 1.82) is 0 Å². The van der Waals surface area contributed by atoms with E-state index in [0.717, 1.165) is 75.3 Å². The number of hydrogen-bond donors (Lipinski definition) is 1. The van der Waals surface area contributed by atoms with Crippen molar-refractivity contribution in [3.8, 4) is 0 Å². The largest absolute Gasteiger partial charge is 0.369 e. The number of rotatable bonds is 6. The van der Waals surface area contributed by atoms with Gasteiger partial charge in [0, 0.05) is 80.9 Å². The fraction of sp³-hybridized carbons (Fsp3) is 0.522. The van der Waals surface area contributed by atoms with Gasteiger partial charge in [0.1, 0.15) is 0 Å². The van der Waals surface area contributed by atoms with Crippen LogP contribution in [0.25, 0.3) is 0 Å². The third kappa shape index (κ3) is 5.86. The van der Waals surface area contributed by atoms with Crippen LogP contribution in [0, 0.1) is 12.8 Å². The zero-order valence-electron chi connectivity index (χ0n) is 18.1. The summed E-state index contributed by atoms with van der Waals surface area (Å²) < 4.78 is 0. The lowest BCUT2D eigenvalue weighted by atomic mass is 9.96. The van der Waals surface area contributed by atoms with E-state index >= 15 is 0 Å². The Morgan fingerprint density at radius 1 is 1.10 bits per heavy atom. The summed E-state index contributed by atoms with van der Waals surface area (Å²) >= 11 is 6.11. The van der Waals surface area contributed by atoms with Crippen molar-refractivity contribution in [2.75, 3.05) is 62.2 Å². The highest BCUT2D eigenvalue weighted by molar-refractivity contribution is 6.30. The van der Waals surface area contributed by atoms with Gasteiger partial charge < -0.3 is 15.1 Å². The Morgan fingerprint density at radius 2 is 1.87 bits per heavy atom. The van der Waals surface area contributed by atoms with Gasteiger partial charge in [0.15, 0.2) is 0 Å². The van der Waals surface area contributed by atoms with Crippen molar-refractivity contribution >= 4 is 29.1 Å². The topological polar surface area (TPSA) is 64.6 Å². The van der Waals surface area contributed by atoms with E-state index in [1.54, 1.807) is 6.20 Å². The number of piperidine rings is 1. The minimum absolute atomic E-state index is 0.0840. The second-order valence-electron chi connectivity index (χ2n) is 8.36. The highest BCUT2D eigenvalue weighted by Crippen LogP contribution is 2.22. The molecule has 1 aromatic carbocycles. The monoisotopic (exact) mass is 442 g/mol. The fourth-order valence-electron chi connectivity index (χ4n) is 4.31. The molecule has 31 heavy (non-hydrogen) atoms. The van der Waals surface area contributed by atoms with E-state index in [4.69, 9.17) is 11.6 Å². The molecular weight excluding hydrogens is 412 g/mol. The van der Waals surface area contributed by atoms with Crippen LogP contribution in [0.4, 0.5) is 11.6 Å². The molecule has 1 amide bonds. The van der Waals surface area contributed by atoms with Crippen molar-refractivity contribution in [3.05, 3.63) is 47.2 Å². The maximum absolute atomic E-state index is 12.6. The lowest BCUT2D eigenvalue weighted by molar-refractivity contribution is -0.125. The van der Waals surface area contributed by atoms with Gasteiger partial charge in [-0.05, 0) is 44.0 Å². The summed E-state index contributed by atoms with van der Waals surface area (Å²) in [6.07, 6.45) is 3.49. The summed E-state index contributed by atoms with van der Waals surface area (Å²) in [7, 11) is 0. The Labute approximate surface area is 189 Å². The number of benzene rings is 1. The summed E-state index contributed by atoms with van der Waals surface area (Å²) in [5.74, 6) is 1.04. The van der Waals surface area contributed by atoms with Gasteiger partial charge in [0.25, 0.3) is 0 Å². The summed E-state index contributed by atoms with van der Waals surface area (Å²) in [6, 6.07) is 9.94. The van der Waals surface area contributed by atoms with Crippen LogP contribution in [0.1, 0.15) is 18.5 Å². The Kier molecular flexibility index (Phi) is 7.25. The van der Waals surface area contributed by atoms with Gasteiger partial charge in [0.05, 0.1) is 0 Å². The van der Waals surface area contributed by atoms with Crippen LogP contribution >= 0.6 is 11.6 Å². The Balaban J connectivity index is 1.14. The lowest BCUT2D eigenvalue weighted by Crippen LogP contribution is -2.49. The molecule has 2 aliphatic heterocycles. The first-order valence-electron chi connectivity index (χ1n) is 11.1. The number of amides is 1. The Morgan fingerprint density at radius 3 is 2.58 bits per heavy atom. The number of carbonyl (C=O) groups is 1. The molecule has 4 rings (SSSR count). The predicted octanol–water partition coefficient (Wildman–Crippen LogP) is 2.59. The SMILES string of the molecule is Cc1ccnc(N2CCC(C(=O)NCCN3CCN(c4cccc(Cl)c4)CC3)CC2)n1. The first-order chi connectivity index (χ1) is 15.1. The minimum atomic E-state index is 0.0840. The van der Waals surface area contributed by atoms with Crippen molar-refractivity contribution < 1.29 is 4.79 Å². The van der Waals surface area contributed by atoms with E-state index in [1.807, 2.05) is 31.2 Å². The van der Waals surface area contributed by atoms with Crippen LogP contribution in [0.2, 0.25) is 5.02 Å². The molecule has 2 fully saturated rings. The Hall–Kier alpha value is -2.38. The summed E-state index contributed by atoms with van der Waals surface area (Å²) in [4.78, 5) is 28.4. The molecule has 0 radical (unpaired) electrons. The molecule has 1 N–H and O–H groups in total. The standard InChI is InChI=1S/C23H31ClN6O/c1-18-5-8-26-23(27-18)30-10-6-19(7-11-30)22(31)25-9-12-28-13-15-29(16-14-28)21-4-2-3-20(24)17-21/h2-5,8,17,19H,6-7,9-16H2,1H3,(H,25,31). The second-order valence-corrected chi connectivity index (χ2v) is 8.80.